The van der Waals surface area contributed by atoms with Crippen molar-refractivity contribution < 1.29 is 9.59 Å². The van der Waals surface area contributed by atoms with Gasteiger partial charge in [0.1, 0.15) is 0 Å². The molecular formula is C18H24N4O2S. The Labute approximate surface area is 152 Å². The molecule has 0 fully saturated rings. The quantitative estimate of drug-likeness (QED) is 0.821. The van der Waals surface area contributed by atoms with E-state index in [-0.39, 0.29) is 5.91 Å². The van der Waals surface area contributed by atoms with Crippen LogP contribution in [0, 0.1) is 6.92 Å². The number of aryl methyl sites for hydroxylation is 1. The van der Waals surface area contributed by atoms with E-state index in [1.165, 1.54) is 11.8 Å². The second-order valence-corrected chi connectivity index (χ2v) is 8.18. The third-order valence-corrected chi connectivity index (χ3v) is 4.34. The molecule has 0 radical (unpaired) electrons. The molecule has 2 rings (SSSR count). The summed E-state index contributed by atoms with van der Waals surface area (Å²) in [6, 6.07) is 7.54. The van der Waals surface area contributed by atoms with Crippen LogP contribution in [0.3, 0.4) is 0 Å². The zero-order chi connectivity index (χ0) is 18.6. The Morgan fingerprint density at radius 3 is 2.64 bits per heavy atom. The summed E-state index contributed by atoms with van der Waals surface area (Å²) in [4.78, 5) is 28.4. The van der Waals surface area contributed by atoms with Crippen molar-refractivity contribution in [1.82, 2.24) is 20.2 Å². The molecule has 25 heavy (non-hydrogen) atoms. The standard InChI is InChI=1S/C18H24N4O2S/c1-12-7-6-8-14(11-12)22-10-9-19-17(22)25-13(2)15(23)20-16(24)21-18(3,4)5/h6-11,13H,1-5H3,(H2,20,21,23,24). The fraction of sp³-hybridized carbons (Fsp3) is 0.389. The van der Waals surface area contributed by atoms with Crippen molar-refractivity contribution in [3.8, 4) is 5.69 Å². The number of amides is 3. The van der Waals surface area contributed by atoms with Gasteiger partial charge in [0, 0.05) is 23.6 Å². The van der Waals surface area contributed by atoms with Crippen LogP contribution in [0.1, 0.15) is 33.3 Å². The Balaban J connectivity index is 2.04. The summed E-state index contributed by atoms with van der Waals surface area (Å²) in [5, 5.41) is 5.31. The van der Waals surface area contributed by atoms with Crippen LogP contribution in [-0.4, -0.2) is 32.3 Å². The second-order valence-electron chi connectivity index (χ2n) is 6.87. The number of benzene rings is 1. The molecule has 0 aliphatic carbocycles. The lowest BCUT2D eigenvalue weighted by Crippen LogP contribution is -2.49. The van der Waals surface area contributed by atoms with E-state index in [0.29, 0.717) is 5.16 Å². The number of carbonyl (C=O) groups is 2. The van der Waals surface area contributed by atoms with Crippen molar-refractivity contribution in [2.24, 2.45) is 0 Å². The van der Waals surface area contributed by atoms with E-state index in [1.54, 1.807) is 13.1 Å². The van der Waals surface area contributed by atoms with Gasteiger partial charge in [-0.05, 0) is 52.3 Å². The number of hydrogen-bond acceptors (Lipinski definition) is 4. The summed E-state index contributed by atoms with van der Waals surface area (Å²) in [5.41, 5.74) is 1.73. The van der Waals surface area contributed by atoms with Gasteiger partial charge < -0.3 is 5.32 Å². The largest absolute Gasteiger partial charge is 0.333 e. The van der Waals surface area contributed by atoms with Gasteiger partial charge in [0.2, 0.25) is 5.91 Å². The molecule has 1 atom stereocenters. The first-order valence-corrected chi connectivity index (χ1v) is 8.94. The Morgan fingerprint density at radius 2 is 2.00 bits per heavy atom. The summed E-state index contributed by atoms with van der Waals surface area (Å²) < 4.78 is 1.93. The average Bonchev–Trinajstić information content (AvgIpc) is 2.93. The molecule has 3 amide bonds. The van der Waals surface area contributed by atoms with Crippen LogP contribution in [0.2, 0.25) is 0 Å². The highest BCUT2D eigenvalue weighted by atomic mass is 32.2. The SMILES string of the molecule is Cc1cccc(-n2ccnc2SC(C)C(=O)NC(=O)NC(C)(C)C)c1. The Hall–Kier alpha value is -2.28. The van der Waals surface area contributed by atoms with Gasteiger partial charge in [0.25, 0.3) is 0 Å². The van der Waals surface area contributed by atoms with Crippen molar-refractivity contribution in [3.63, 3.8) is 0 Å². The van der Waals surface area contributed by atoms with E-state index < -0.39 is 16.8 Å². The van der Waals surface area contributed by atoms with Gasteiger partial charge in [0.05, 0.1) is 5.25 Å². The predicted octanol–water partition coefficient (Wildman–Crippen LogP) is 3.29. The van der Waals surface area contributed by atoms with Crippen molar-refractivity contribution in [3.05, 3.63) is 42.2 Å². The topological polar surface area (TPSA) is 76.0 Å². The molecule has 2 N–H and O–H groups in total. The van der Waals surface area contributed by atoms with Gasteiger partial charge in [-0.3, -0.25) is 14.7 Å². The normalized spacial score (nSPS) is 12.5. The molecule has 1 aromatic heterocycles. The van der Waals surface area contributed by atoms with E-state index in [2.05, 4.69) is 15.6 Å². The predicted molar refractivity (Wildman–Crippen MR) is 100 cm³/mol. The molecule has 134 valence electrons. The summed E-state index contributed by atoms with van der Waals surface area (Å²) in [6.45, 7) is 9.34. The fourth-order valence-corrected chi connectivity index (χ4v) is 3.03. The first-order valence-electron chi connectivity index (χ1n) is 8.06. The van der Waals surface area contributed by atoms with Crippen LogP contribution >= 0.6 is 11.8 Å². The van der Waals surface area contributed by atoms with Crippen LogP contribution in [0.25, 0.3) is 5.69 Å². The molecule has 1 heterocycles. The number of nitrogens with one attached hydrogen (secondary N) is 2. The molecule has 6 nitrogen and oxygen atoms in total. The maximum absolute atomic E-state index is 12.2. The van der Waals surface area contributed by atoms with Crippen molar-refractivity contribution in [2.45, 2.75) is 50.6 Å². The molecular weight excluding hydrogens is 336 g/mol. The van der Waals surface area contributed by atoms with Gasteiger partial charge in [-0.2, -0.15) is 0 Å². The van der Waals surface area contributed by atoms with Crippen molar-refractivity contribution in [2.75, 3.05) is 0 Å². The van der Waals surface area contributed by atoms with Gasteiger partial charge in [-0.25, -0.2) is 9.78 Å². The van der Waals surface area contributed by atoms with Crippen LogP contribution in [0.4, 0.5) is 4.79 Å². The minimum Gasteiger partial charge on any atom is -0.333 e. The number of hydrogen-bond donors (Lipinski definition) is 2. The highest BCUT2D eigenvalue weighted by molar-refractivity contribution is 8.00. The van der Waals surface area contributed by atoms with Gasteiger partial charge >= 0.3 is 6.03 Å². The van der Waals surface area contributed by atoms with E-state index in [0.717, 1.165) is 11.3 Å². The van der Waals surface area contributed by atoms with Crippen LogP contribution in [0.15, 0.2) is 41.8 Å². The lowest BCUT2D eigenvalue weighted by atomic mass is 10.1. The summed E-state index contributed by atoms with van der Waals surface area (Å²) in [6.07, 6.45) is 3.55. The lowest BCUT2D eigenvalue weighted by Gasteiger charge is -2.21. The first kappa shape index (κ1) is 19.1. The monoisotopic (exact) mass is 360 g/mol. The first-order chi connectivity index (χ1) is 11.7. The fourth-order valence-electron chi connectivity index (χ4n) is 2.15. The molecule has 0 saturated heterocycles. The summed E-state index contributed by atoms with van der Waals surface area (Å²) in [7, 11) is 0. The minimum atomic E-state index is -0.494. The Bertz CT molecular complexity index is 764. The van der Waals surface area contributed by atoms with E-state index in [1.807, 2.05) is 62.7 Å². The zero-order valence-corrected chi connectivity index (χ0v) is 16.0. The molecule has 0 spiro atoms. The number of thioether (sulfide) groups is 1. The molecule has 0 aliphatic rings. The van der Waals surface area contributed by atoms with Crippen LogP contribution in [0.5, 0.6) is 0 Å². The molecule has 0 saturated carbocycles. The number of nitrogens with zero attached hydrogens (tertiary/aromatic N) is 2. The maximum Gasteiger partial charge on any atom is 0.321 e. The molecule has 7 heteroatoms. The van der Waals surface area contributed by atoms with Crippen LogP contribution < -0.4 is 10.6 Å². The highest BCUT2D eigenvalue weighted by Gasteiger charge is 2.21. The molecule has 1 unspecified atom stereocenters. The number of imidazole rings is 1. The van der Waals surface area contributed by atoms with Crippen molar-refractivity contribution >= 4 is 23.7 Å². The van der Waals surface area contributed by atoms with E-state index >= 15 is 0 Å². The average molecular weight is 360 g/mol. The number of aromatic nitrogens is 2. The van der Waals surface area contributed by atoms with Crippen LogP contribution in [-0.2, 0) is 4.79 Å². The summed E-state index contributed by atoms with van der Waals surface area (Å²) in [5.74, 6) is -0.356. The molecule has 0 bridgehead atoms. The van der Waals surface area contributed by atoms with E-state index in [4.69, 9.17) is 0 Å². The minimum absolute atomic E-state index is 0.356. The molecule has 0 aliphatic heterocycles. The third kappa shape index (κ3) is 5.63. The maximum atomic E-state index is 12.2. The lowest BCUT2D eigenvalue weighted by molar-refractivity contribution is -0.119. The number of imide groups is 1. The molecule has 2 aromatic rings. The zero-order valence-electron chi connectivity index (χ0n) is 15.2. The second kappa shape index (κ2) is 7.74. The van der Waals surface area contributed by atoms with Gasteiger partial charge in [-0.1, -0.05) is 23.9 Å². The third-order valence-electron chi connectivity index (χ3n) is 3.26. The van der Waals surface area contributed by atoms with Gasteiger partial charge in [-0.15, -0.1) is 0 Å². The number of rotatable bonds is 4. The Morgan fingerprint density at radius 1 is 1.28 bits per heavy atom. The molecule has 1 aromatic carbocycles. The Kier molecular flexibility index (Phi) is 5.89. The van der Waals surface area contributed by atoms with Crippen molar-refractivity contribution in [1.29, 1.82) is 0 Å². The summed E-state index contributed by atoms with van der Waals surface area (Å²) >= 11 is 1.31. The van der Waals surface area contributed by atoms with E-state index in [9.17, 15) is 9.59 Å². The smallest absolute Gasteiger partial charge is 0.321 e. The number of urea groups is 1. The highest BCUT2D eigenvalue weighted by Crippen LogP contribution is 2.25. The van der Waals surface area contributed by atoms with Gasteiger partial charge in [0.15, 0.2) is 5.16 Å². The number of carbonyl (C=O) groups excluding carboxylic acids is 2.